The number of thiocarbonyl (C=S) groups is 1. The molecule has 144 valence electrons. The van der Waals surface area contributed by atoms with Crippen molar-refractivity contribution in [3.8, 4) is 5.75 Å². The first-order chi connectivity index (χ1) is 12.8. The van der Waals surface area contributed by atoms with E-state index in [1.807, 2.05) is 6.92 Å². The second-order valence-corrected chi connectivity index (χ2v) is 8.21. The number of hydrogen-bond donors (Lipinski definition) is 2. The SMILES string of the molecule is CCOc1ccccc1C(=O)NC(=S)Nc1ccc(S(=O)(=O)N(C)C)cc1. The molecule has 0 heterocycles. The van der Waals surface area contributed by atoms with Crippen LogP contribution in [-0.4, -0.2) is 44.4 Å². The number of rotatable bonds is 6. The number of benzene rings is 2. The first-order valence-electron chi connectivity index (χ1n) is 8.12. The summed E-state index contributed by atoms with van der Waals surface area (Å²) in [5.74, 6) is 0.0712. The molecule has 9 heteroatoms. The summed E-state index contributed by atoms with van der Waals surface area (Å²) in [6, 6.07) is 12.9. The number of nitrogens with one attached hydrogen (secondary N) is 2. The first kappa shape index (κ1) is 20.8. The smallest absolute Gasteiger partial charge is 0.261 e. The number of ether oxygens (including phenoxy) is 1. The van der Waals surface area contributed by atoms with Gasteiger partial charge in [-0.25, -0.2) is 12.7 Å². The average Bonchev–Trinajstić information content (AvgIpc) is 2.62. The lowest BCUT2D eigenvalue weighted by atomic mass is 10.2. The van der Waals surface area contributed by atoms with Gasteiger partial charge in [-0.2, -0.15) is 0 Å². The zero-order valence-corrected chi connectivity index (χ0v) is 16.9. The van der Waals surface area contributed by atoms with Crippen LogP contribution in [0.1, 0.15) is 17.3 Å². The van der Waals surface area contributed by atoms with Crippen molar-refractivity contribution in [1.29, 1.82) is 0 Å². The summed E-state index contributed by atoms with van der Waals surface area (Å²) in [4.78, 5) is 12.6. The molecule has 27 heavy (non-hydrogen) atoms. The molecule has 0 saturated heterocycles. The Morgan fingerprint density at radius 1 is 1.11 bits per heavy atom. The molecule has 0 unspecified atom stereocenters. The molecule has 0 saturated carbocycles. The van der Waals surface area contributed by atoms with Crippen LogP contribution in [0, 0.1) is 0 Å². The van der Waals surface area contributed by atoms with Gasteiger partial charge < -0.3 is 10.1 Å². The van der Waals surface area contributed by atoms with Gasteiger partial charge >= 0.3 is 0 Å². The van der Waals surface area contributed by atoms with E-state index in [4.69, 9.17) is 17.0 Å². The van der Waals surface area contributed by atoms with Crippen LogP contribution < -0.4 is 15.4 Å². The van der Waals surface area contributed by atoms with E-state index in [0.29, 0.717) is 23.6 Å². The van der Waals surface area contributed by atoms with Crippen LogP contribution in [0.4, 0.5) is 5.69 Å². The summed E-state index contributed by atoms with van der Waals surface area (Å²) in [5, 5.41) is 5.53. The Morgan fingerprint density at radius 2 is 1.74 bits per heavy atom. The summed E-state index contributed by atoms with van der Waals surface area (Å²) < 4.78 is 30.7. The minimum absolute atomic E-state index is 0.0921. The highest BCUT2D eigenvalue weighted by atomic mass is 32.2. The van der Waals surface area contributed by atoms with Gasteiger partial charge in [-0.15, -0.1) is 0 Å². The van der Waals surface area contributed by atoms with Crippen molar-refractivity contribution in [2.75, 3.05) is 26.0 Å². The van der Waals surface area contributed by atoms with E-state index >= 15 is 0 Å². The highest BCUT2D eigenvalue weighted by Gasteiger charge is 2.17. The first-order valence-corrected chi connectivity index (χ1v) is 9.97. The van der Waals surface area contributed by atoms with E-state index in [1.54, 1.807) is 36.4 Å². The molecule has 7 nitrogen and oxygen atoms in total. The van der Waals surface area contributed by atoms with Gasteiger partial charge in [0.1, 0.15) is 5.75 Å². The number of carbonyl (C=O) groups is 1. The Labute approximate surface area is 164 Å². The molecule has 1 amide bonds. The van der Waals surface area contributed by atoms with Crippen molar-refractivity contribution in [3.63, 3.8) is 0 Å². The normalized spacial score (nSPS) is 11.1. The standard InChI is InChI=1S/C18H21N3O4S2/c1-4-25-16-8-6-5-7-15(16)17(22)20-18(26)19-13-9-11-14(12-10-13)27(23,24)21(2)3/h5-12H,4H2,1-3H3,(H2,19,20,22,26). The molecule has 0 aliphatic heterocycles. The molecular weight excluding hydrogens is 386 g/mol. The molecule has 2 N–H and O–H groups in total. The van der Waals surface area contributed by atoms with Gasteiger partial charge in [-0.3, -0.25) is 10.1 Å². The molecule has 0 aliphatic carbocycles. The lowest BCUT2D eigenvalue weighted by molar-refractivity contribution is 0.0974. The highest BCUT2D eigenvalue weighted by Crippen LogP contribution is 2.18. The number of para-hydroxylation sites is 1. The molecule has 0 radical (unpaired) electrons. The molecule has 0 atom stereocenters. The number of anilines is 1. The highest BCUT2D eigenvalue weighted by molar-refractivity contribution is 7.89. The largest absolute Gasteiger partial charge is 0.493 e. The molecule has 0 aromatic heterocycles. The maximum Gasteiger partial charge on any atom is 0.261 e. The lowest BCUT2D eigenvalue weighted by Crippen LogP contribution is -2.34. The summed E-state index contributed by atoms with van der Waals surface area (Å²) >= 11 is 5.16. The summed E-state index contributed by atoms with van der Waals surface area (Å²) in [7, 11) is -0.569. The van der Waals surface area contributed by atoms with Gasteiger partial charge in [0.15, 0.2) is 5.11 Å². The van der Waals surface area contributed by atoms with E-state index in [2.05, 4.69) is 10.6 Å². The maximum absolute atomic E-state index is 12.4. The van der Waals surface area contributed by atoms with E-state index in [1.165, 1.54) is 26.2 Å². The van der Waals surface area contributed by atoms with Crippen molar-refractivity contribution < 1.29 is 17.9 Å². The van der Waals surface area contributed by atoms with Gasteiger partial charge in [0.25, 0.3) is 5.91 Å². The predicted molar refractivity (Wildman–Crippen MR) is 109 cm³/mol. The maximum atomic E-state index is 12.4. The zero-order chi connectivity index (χ0) is 20.0. The van der Waals surface area contributed by atoms with Gasteiger partial charge in [0, 0.05) is 19.8 Å². The van der Waals surface area contributed by atoms with E-state index in [0.717, 1.165) is 4.31 Å². The van der Waals surface area contributed by atoms with Crippen LogP contribution in [0.25, 0.3) is 0 Å². The van der Waals surface area contributed by atoms with Crippen molar-refractivity contribution >= 4 is 38.9 Å². The number of sulfonamides is 1. The van der Waals surface area contributed by atoms with Gasteiger partial charge in [0.05, 0.1) is 17.1 Å². The van der Waals surface area contributed by atoms with E-state index in [-0.39, 0.29) is 10.0 Å². The minimum atomic E-state index is -3.50. The molecule has 2 aromatic carbocycles. The fraction of sp³-hybridized carbons (Fsp3) is 0.222. The van der Waals surface area contributed by atoms with E-state index < -0.39 is 15.9 Å². The zero-order valence-electron chi connectivity index (χ0n) is 15.2. The fourth-order valence-corrected chi connectivity index (χ4v) is 3.30. The third kappa shape index (κ3) is 5.25. The number of carbonyl (C=O) groups excluding carboxylic acids is 1. The van der Waals surface area contributed by atoms with Gasteiger partial charge in [-0.1, -0.05) is 12.1 Å². The van der Waals surface area contributed by atoms with Crippen molar-refractivity contribution in [1.82, 2.24) is 9.62 Å². The van der Waals surface area contributed by atoms with Crippen molar-refractivity contribution in [2.24, 2.45) is 0 Å². The monoisotopic (exact) mass is 407 g/mol. The second kappa shape index (κ2) is 8.94. The number of nitrogens with zero attached hydrogens (tertiary/aromatic N) is 1. The Bertz CT molecular complexity index is 926. The Hall–Kier alpha value is -2.49. The Balaban J connectivity index is 2.05. The predicted octanol–water partition coefficient (Wildman–Crippen LogP) is 2.46. The molecule has 0 aliphatic rings. The quantitative estimate of drug-likeness (QED) is 0.716. The van der Waals surface area contributed by atoms with Crippen molar-refractivity contribution in [2.45, 2.75) is 11.8 Å². The Kier molecular flexibility index (Phi) is 6.89. The van der Waals surface area contributed by atoms with E-state index in [9.17, 15) is 13.2 Å². The summed E-state index contributed by atoms with van der Waals surface area (Å²) in [6.45, 7) is 2.27. The van der Waals surface area contributed by atoms with Crippen LogP contribution in [0.3, 0.4) is 0 Å². The summed E-state index contributed by atoms with van der Waals surface area (Å²) in [5.41, 5.74) is 0.923. The van der Waals surface area contributed by atoms with Crippen LogP contribution >= 0.6 is 12.2 Å². The molecular formula is C18H21N3O4S2. The molecule has 0 bridgehead atoms. The lowest BCUT2D eigenvalue weighted by Gasteiger charge is -2.14. The van der Waals surface area contributed by atoms with Gasteiger partial charge in [-0.05, 0) is 55.5 Å². The van der Waals surface area contributed by atoms with Gasteiger partial charge in [0.2, 0.25) is 10.0 Å². The molecule has 2 aromatic rings. The minimum Gasteiger partial charge on any atom is -0.493 e. The molecule has 0 spiro atoms. The molecule has 2 rings (SSSR count). The topological polar surface area (TPSA) is 87.7 Å². The van der Waals surface area contributed by atoms with Crippen LogP contribution in [0.5, 0.6) is 5.75 Å². The fourth-order valence-electron chi connectivity index (χ4n) is 2.19. The summed E-state index contributed by atoms with van der Waals surface area (Å²) in [6.07, 6.45) is 0. The molecule has 0 fully saturated rings. The van der Waals surface area contributed by atoms with Crippen LogP contribution in [-0.2, 0) is 10.0 Å². The number of amides is 1. The van der Waals surface area contributed by atoms with Crippen molar-refractivity contribution in [3.05, 3.63) is 54.1 Å². The second-order valence-electron chi connectivity index (χ2n) is 5.65. The average molecular weight is 408 g/mol. The third-order valence-corrected chi connectivity index (χ3v) is 5.58. The Morgan fingerprint density at radius 3 is 2.33 bits per heavy atom. The van der Waals surface area contributed by atoms with Crippen LogP contribution in [0.15, 0.2) is 53.4 Å². The third-order valence-electron chi connectivity index (χ3n) is 3.55. The number of hydrogen-bond acceptors (Lipinski definition) is 5. The van der Waals surface area contributed by atoms with Crippen LogP contribution in [0.2, 0.25) is 0 Å².